The average molecular weight is 279 g/mol. The maximum Gasteiger partial charge on any atom is 0.110 e. The monoisotopic (exact) mass is 279 g/mol. The summed E-state index contributed by atoms with van der Waals surface area (Å²) in [4.78, 5) is 4.54. The van der Waals surface area contributed by atoms with Crippen molar-refractivity contribution in [2.24, 2.45) is 0 Å². The minimum absolute atomic E-state index is 0.0151. The fraction of sp³-hybridized carbons (Fsp3) is 0.812. The Bertz CT molecular complexity index is 396. The number of hydrogen-bond donors (Lipinski definition) is 1. The maximum absolute atomic E-state index is 6.02. The van der Waals surface area contributed by atoms with Gasteiger partial charge in [-0.1, -0.05) is 26.2 Å². The second-order valence-corrected chi connectivity index (χ2v) is 5.77. The number of imidazole rings is 1. The van der Waals surface area contributed by atoms with Gasteiger partial charge in [0.2, 0.25) is 0 Å². The number of ether oxygens (including phenoxy) is 1. The molecule has 114 valence electrons. The number of aryl methyl sites for hydroxylation is 1. The van der Waals surface area contributed by atoms with E-state index in [1.807, 2.05) is 13.3 Å². The topological polar surface area (TPSA) is 39.1 Å². The van der Waals surface area contributed by atoms with Crippen molar-refractivity contribution in [3.05, 3.63) is 18.2 Å². The average Bonchev–Trinajstić information content (AvgIpc) is 2.95. The van der Waals surface area contributed by atoms with E-state index in [-0.39, 0.29) is 5.60 Å². The van der Waals surface area contributed by atoms with Crippen molar-refractivity contribution < 1.29 is 4.74 Å². The summed E-state index contributed by atoms with van der Waals surface area (Å²) in [5.74, 6) is 1.17. The molecule has 1 N–H and O–H groups in total. The number of nitrogens with zero attached hydrogens (tertiary/aromatic N) is 2. The van der Waals surface area contributed by atoms with Crippen LogP contribution < -0.4 is 5.32 Å². The van der Waals surface area contributed by atoms with Gasteiger partial charge in [0.25, 0.3) is 0 Å². The molecule has 1 fully saturated rings. The zero-order chi connectivity index (χ0) is 14.4. The molecule has 1 aromatic rings. The molecule has 1 atom stereocenters. The first-order valence-electron chi connectivity index (χ1n) is 8.04. The molecule has 0 aromatic carbocycles. The lowest BCUT2D eigenvalue weighted by molar-refractivity contribution is -0.0675. The molecule has 2 rings (SSSR count). The number of hydrogen-bond acceptors (Lipinski definition) is 3. The molecule has 4 heteroatoms. The van der Waals surface area contributed by atoms with E-state index in [1.54, 1.807) is 0 Å². The molecule has 1 unspecified atom stereocenters. The van der Waals surface area contributed by atoms with Gasteiger partial charge in [-0.15, -0.1) is 0 Å². The molecular formula is C16H29N3O. The van der Waals surface area contributed by atoms with Crippen molar-refractivity contribution in [1.82, 2.24) is 14.9 Å². The van der Waals surface area contributed by atoms with Crippen LogP contribution in [0.4, 0.5) is 0 Å². The molecule has 0 amide bonds. The Kier molecular flexibility index (Phi) is 5.61. The minimum Gasteiger partial charge on any atom is -0.377 e. The van der Waals surface area contributed by atoms with Gasteiger partial charge in [-0.05, 0) is 26.3 Å². The van der Waals surface area contributed by atoms with Gasteiger partial charge in [0, 0.05) is 38.5 Å². The summed E-state index contributed by atoms with van der Waals surface area (Å²) in [6, 6.07) is 0.352. The van der Waals surface area contributed by atoms with E-state index >= 15 is 0 Å². The van der Waals surface area contributed by atoms with Crippen LogP contribution in [0, 0.1) is 0 Å². The first-order valence-corrected chi connectivity index (χ1v) is 8.04. The van der Waals surface area contributed by atoms with Crippen LogP contribution in [0.15, 0.2) is 12.4 Å². The van der Waals surface area contributed by atoms with Gasteiger partial charge in [0.15, 0.2) is 0 Å². The zero-order valence-electron chi connectivity index (χ0n) is 13.2. The highest BCUT2D eigenvalue weighted by molar-refractivity contribution is 5.03. The van der Waals surface area contributed by atoms with Crippen molar-refractivity contribution in [3.8, 4) is 0 Å². The number of nitrogens with one attached hydrogen (secondary N) is 1. The molecule has 1 aromatic heterocycles. The van der Waals surface area contributed by atoms with E-state index in [1.165, 1.54) is 25.1 Å². The Labute approximate surface area is 122 Å². The van der Waals surface area contributed by atoms with Crippen molar-refractivity contribution in [2.75, 3.05) is 13.7 Å². The Morgan fingerprint density at radius 2 is 2.10 bits per heavy atom. The van der Waals surface area contributed by atoms with Crippen LogP contribution in [0.5, 0.6) is 0 Å². The number of aromatic nitrogens is 2. The first kappa shape index (κ1) is 15.5. The standard InChI is InChI=1S/C16H29N3O/c1-4-17-14(13-15-18-11-12-19(15)5-2)16(20-3)9-7-6-8-10-16/h11-12,14,17H,4-10,13H2,1-3H3. The Morgan fingerprint density at radius 1 is 1.35 bits per heavy atom. The van der Waals surface area contributed by atoms with Crippen LogP contribution in [0.25, 0.3) is 0 Å². The molecule has 1 aliphatic carbocycles. The fourth-order valence-corrected chi connectivity index (χ4v) is 3.54. The van der Waals surface area contributed by atoms with E-state index in [0.29, 0.717) is 6.04 Å². The summed E-state index contributed by atoms with van der Waals surface area (Å²) in [6.45, 7) is 6.29. The van der Waals surface area contributed by atoms with Gasteiger partial charge in [0.05, 0.1) is 5.60 Å². The van der Waals surface area contributed by atoms with Crippen LogP contribution in [-0.4, -0.2) is 34.8 Å². The summed E-state index contributed by atoms with van der Waals surface area (Å²) in [7, 11) is 1.88. The Hall–Kier alpha value is -0.870. The van der Waals surface area contributed by atoms with E-state index < -0.39 is 0 Å². The van der Waals surface area contributed by atoms with E-state index in [2.05, 4.69) is 34.9 Å². The van der Waals surface area contributed by atoms with Gasteiger partial charge >= 0.3 is 0 Å². The maximum atomic E-state index is 6.02. The van der Waals surface area contributed by atoms with Crippen molar-refractivity contribution in [3.63, 3.8) is 0 Å². The van der Waals surface area contributed by atoms with Crippen LogP contribution >= 0.6 is 0 Å². The van der Waals surface area contributed by atoms with Crippen molar-refractivity contribution in [1.29, 1.82) is 0 Å². The SMILES string of the molecule is CCNC(Cc1nccn1CC)C1(OC)CCCCC1. The highest BCUT2D eigenvalue weighted by Gasteiger charge is 2.40. The second kappa shape index (κ2) is 7.23. The smallest absolute Gasteiger partial charge is 0.110 e. The molecule has 1 aliphatic rings. The van der Waals surface area contributed by atoms with Crippen LogP contribution in [0.1, 0.15) is 51.8 Å². The predicted octanol–water partition coefficient (Wildman–Crippen LogP) is 2.77. The third-order valence-electron chi connectivity index (χ3n) is 4.72. The molecule has 20 heavy (non-hydrogen) atoms. The number of rotatable bonds is 7. The zero-order valence-corrected chi connectivity index (χ0v) is 13.2. The largest absolute Gasteiger partial charge is 0.377 e. The molecule has 0 saturated heterocycles. The minimum atomic E-state index is -0.0151. The summed E-state index contributed by atoms with van der Waals surface area (Å²) >= 11 is 0. The van der Waals surface area contributed by atoms with E-state index in [9.17, 15) is 0 Å². The third-order valence-corrected chi connectivity index (χ3v) is 4.72. The predicted molar refractivity (Wildman–Crippen MR) is 81.9 cm³/mol. The van der Waals surface area contributed by atoms with Crippen LogP contribution in [0.3, 0.4) is 0 Å². The summed E-state index contributed by atoms with van der Waals surface area (Å²) < 4.78 is 8.25. The molecule has 1 saturated carbocycles. The highest BCUT2D eigenvalue weighted by Crippen LogP contribution is 2.35. The van der Waals surface area contributed by atoms with Gasteiger partial charge < -0.3 is 14.6 Å². The molecular weight excluding hydrogens is 250 g/mol. The third kappa shape index (κ3) is 3.23. The normalized spacial score (nSPS) is 19.9. The summed E-state index contributed by atoms with van der Waals surface area (Å²) in [5, 5.41) is 3.66. The lowest BCUT2D eigenvalue weighted by Crippen LogP contribution is -2.54. The Morgan fingerprint density at radius 3 is 2.70 bits per heavy atom. The molecule has 0 aliphatic heterocycles. The van der Waals surface area contributed by atoms with E-state index in [4.69, 9.17) is 4.74 Å². The number of likely N-dealkylation sites (N-methyl/N-ethyl adjacent to an activating group) is 1. The lowest BCUT2D eigenvalue weighted by atomic mass is 9.77. The Balaban J connectivity index is 2.16. The van der Waals surface area contributed by atoms with Crippen LogP contribution in [-0.2, 0) is 17.7 Å². The molecule has 0 radical (unpaired) electrons. The molecule has 0 bridgehead atoms. The first-order chi connectivity index (χ1) is 9.75. The van der Waals surface area contributed by atoms with Gasteiger partial charge in [-0.3, -0.25) is 0 Å². The molecule has 1 heterocycles. The second-order valence-electron chi connectivity index (χ2n) is 5.77. The fourth-order valence-electron chi connectivity index (χ4n) is 3.54. The van der Waals surface area contributed by atoms with Crippen molar-refractivity contribution >= 4 is 0 Å². The molecule has 4 nitrogen and oxygen atoms in total. The quantitative estimate of drug-likeness (QED) is 0.834. The van der Waals surface area contributed by atoms with Gasteiger partial charge in [0.1, 0.15) is 5.82 Å². The number of methoxy groups -OCH3 is 1. The van der Waals surface area contributed by atoms with Crippen LogP contribution in [0.2, 0.25) is 0 Å². The van der Waals surface area contributed by atoms with Gasteiger partial charge in [-0.2, -0.15) is 0 Å². The summed E-state index contributed by atoms with van der Waals surface area (Å²) in [6.07, 6.45) is 11.1. The van der Waals surface area contributed by atoms with Crippen molar-refractivity contribution in [2.45, 2.75) is 70.6 Å². The lowest BCUT2D eigenvalue weighted by Gasteiger charge is -2.43. The summed E-state index contributed by atoms with van der Waals surface area (Å²) in [5.41, 5.74) is -0.0151. The van der Waals surface area contributed by atoms with Gasteiger partial charge in [-0.25, -0.2) is 4.98 Å². The highest BCUT2D eigenvalue weighted by atomic mass is 16.5. The molecule has 0 spiro atoms. The van der Waals surface area contributed by atoms with E-state index in [0.717, 1.165) is 32.4 Å².